The molecule has 0 radical (unpaired) electrons. The van der Waals surface area contributed by atoms with Crippen molar-refractivity contribution in [3.05, 3.63) is 0 Å². The molecule has 0 bridgehead atoms. The third kappa shape index (κ3) is 3.87. The summed E-state index contributed by atoms with van der Waals surface area (Å²) in [7, 11) is 0. The predicted molar refractivity (Wildman–Crippen MR) is 68.2 cm³/mol. The number of carbonyl (C=O) groups excluding carboxylic acids is 1. The number of hydrogen-bond donors (Lipinski definition) is 3. The molecule has 0 aromatic rings. The van der Waals surface area contributed by atoms with E-state index < -0.39 is 17.4 Å². The first-order chi connectivity index (χ1) is 8.21. The van der Waals surface area contributed by atoms with E-state index in [-0.39, 0.29) is 12.1 Å². The van der Waals surface area contributed by atoms with Gasteiger partial charge in [-0.25, -0.2) is 9.59 Å². The molecule has 0 spiro atoms. The lowest BCUT2D eigenvalue weighted by atomic mass is 9.87. The number of nitrogens with zero attached hydrogens (tertiary/aromatic N) is 1. The molecule has 1 unspecified atom stereocenters. The van der Waals surface area contributed by atoms with E-state index in [9.17, 15) is 9.59 Å². The van der Waals surface area contributed by atoms with E-state index in [0.29, 0.717) is 13.1 Å². The summed E-state index contributed by atoms with van der Waals surface area (Å²) in [5, 5.41) is 11.7. The molecule has 6 nitrogen and oxygen atoms in total. The van der Waals surface area contributed by atoms with Crippen molar-refractivity contribution in [1.82, 2.24) is 10.2 Å². The Labute approximate surface area is 108 Å². The molecular weight excluding hydrogens is 234 g/mol. The summed E-state index contributed by atoms with van der Waals surface area (Å²) in [4.78, 5) is 24.8. The van der Waals surface area contributed by atoms with Gasteiger partial charge < -0.3 is 21.1 Å². The van der Waals surface area contributed by atoms with E-state index in [4.69, 9.17) is 10.8 Å². The summed E-state index contributed by atoms with van der Waals surface area (Å²) in [6.45, 7) is 6.48. The molecule has 1 fully saturated rings. The summed E-state index contributed by atoms with van der Waals surface area (Å²) in [5.41, 5.74) is 5.27. The van der Waals surface area contributed by atoms with Gasteiger partial charge in [0, 0.05) is 19.1 Å². The average molecular weight is 257 g/mol. The van der Waals surface area contributed by atoms with Crippen LogP contribution in [0, 0.1) is 5.41 Å². The lowest BCUT2D eigenvalue weighted by Gasteiger charge is -2.34. The zero-order valence-electron chi connectivity index (χ0n) is 11.3. The number of hydrogen-bond acceptors (Lipinski definition) is 3. The Morgan fingerprint density at radius 3 is 2.50 bits per heavy atom. The van der Waals surface area contributed by atoms with Gasteiger partial charge in [0.15, 0.2) is 0 Å². The first kappa shape index (κ1) is 14.8. The van der Waals surface area contributed by atoms with Crippen LogP contribution in [-0.4, -0.2) is 47.2 Å². The quantitative estimate of drug-likeness (QED) is 0.675. The number of piperidine rings is 1. The largest absolute Gasteiger partial charge is 0.480 e. The summed E-state index contributed by atoms with van der Waals surface area (Å²) < 4.78 is 0. The van der Waals surface area contributed by atoms with Gasteiger partial charge in [-0.1, -0.05) is 20.8 Å². The first-order valence-electron chi connectivity index (χ1n) is 6.25. The maximum atomic E-state index is 12.0. The van der Waals surface area contributed by atoms with Gasteiger partial charge in [0.05, 0.1) is 0 Å². The van der Waals surface area contributed by atoms with E-state index in [1.54, 1.807) is 25.7 Å². The van der Waals surface area contributed by atoms with Gasteiger partial charge in [-0.05, 0) is 18.3 Å². The van der Waals surface area contributed by atoms with Crippen molar-refractivity contribution in [2.75, 3.05) is 13.1 Å². The number of aliphatic carboxylic acids is 1. The van der Waals surface area contributed by atoms with E-state index in [1.165, 1.54) is 0 Å². The van der Waals surface area contributed by atoms with E-state index in [2.05, 4.69) is 5.32 Å². The van der Waals surface area contributed by atoms with E-state index in [0.717, 1.165) is 12.8 Å². The monoisotopic (exact) mass is 257 g/mol. The number of carbonyl (C=O) groups is 2. The van der Waals surface area contributed by atoms with Crippen molar-refractivity contribution in [1.29, 1.82) is 0 Å². The molecular formula is C12H23N3O3. The van der Waals surface area contributed by atoms with Crippen molar-refractivity contribution in [2.45, 2.75) is 45.7 Å². The van der Waals surface area contributed by atoms with Crippen LogP contribution in [-0.2, 0) is 4.79 Å². The third-order valence-corrected chi connectivity index (χ3v) is 3.13. The molecule has 0 aromatic heterocycles. The highest BCUT2D eigenvalue weighted by Crippen LogP contribution is 2.20. The van der Waals surface area contributed by atoms with Gasteiger partial charge in [0.2, 0.25) is 0 Å². The number of urea groups is 1. The van der Waals surface area contributed by atoms with Gasteiger partial charge in [-0.2, -0.15) is 0 Å². The van der Waals surface area contributed by atoms with Crippen LogP contribution in [0.2, 0.25) is 0 Å². The first-order valence-corrected chi connectivity index (χ1v) is 6.25. The molecule has 1 aliphatic heterocycles. The normalized spacial score (nSPS) is 22.4. The minimum Gasteiger partial charge on any atom is -0.480 e. The summed E-state index contributed by atoms with van der Waals surface area (Å²) >= 11 is 0. The molecule has 1 heterocycles. The molecule has 1 aliphatic rings. The number of nitrogens with one attached hydrogen (secondary N) is 1. The van der Waals surface area contributed by atoms with Crippen molar-refractivity contribution >= 4 is 12.0 Å². The van der Waals surface area contributed by atoms with Crippen molar-refractivity contribution in [3.63, 3.8) is 0 Å². The average Bonchev–Trinajstić information content (AvgIpc) is 2.23. The SMILES string of the molecule is CC(C)(C)[C@H](NC(=O)N1CCCC(N)C1)C(=O)O. The standard InChI is InChI=1S/C12H23N3O3/c1-12(2,3)9(10(16)17)14-11(18)15-6-4-5-8(13)7-15/h8-9H,4-7,13H2,1-3H3,(H,14,18)(H,16,17)/t8?,9-/m1/s1. The van der Waals surface area contributed by atoms with Crippen LogP contribution in [0.4, 0.5) is 4.79 Å². The minimum atomic E-state index is -1.02. The molecule has 1 saturated heterocycles. The van der Waals surface area contributed by atoms with Gasteiger partial charge in [0.25, 0.3) is 0 Å². The second-order valence-electron chi connectivity index (χ2n) is 5.94. The summed E-state index contributed by atoms with van der Waals surface area (Å²) in [6, 6.07) is -1.25. The Kier molecular flexibility index (Phi) is 4.56. The van der Waals surface area contributed by atoms with Crippen molar-refractivity contribution < 1.29 is 14.7 Å². The molecule has 0 aliphatic carbocycles. The Balaban J connectivity index is 2.64. The highest BCUT2D eigenvalue weighted by atomic mass is 16.4. The van der Waals surface area contributed by atoms with Gasteiger partial charge in [0.1, 0.15) is 6.04 Å². The maximum absolute atomic E-state index is 12.0. The van der Waals surface area contributed by atoms with Crippen LogP contribution in [0.1, 0.15) is 33.6 Å². The summed E-state index contributed by atoms with van der Waals surface area (Å²) in [6.07, 6.45) is 1.77. The molecule has 104 valence electrons. The predicted octanol–water partition coefficient (Wildman–Crippen LogP) is 0.618. The topological polar surface area (TPSA) is 95.7 Å². The Morgan fingerprint density at radius 1 is 1.44 bits per heavy atom. The van der Waals surface area contributed by atoms with Gasteiger partial charge in [-0.3, -0.25) is 0 Å². The number of carboxylic acid groups (broad SMARTS) is 1. The lowest BCUT2D eigenvalue weighted by molar-refractivity contribution is -0.142. The van der Waals surface area contributed by atoms with Gasteiger partial charge >= 0.3 is 12.0 Å². The molecule has 18 heavy (non-hydrogen) atoms. The highest BCUT2D eigenvalue weighted by molar-refractivity contribution is 5.83. The summed E-state index contributed by atoms with van der Waals surface area (Å²) in [5.74, 6) is -1.02. The number of amides is 2. The number of carboxylic acids is 1. The molecule has 1 rings (SSSR count). The second-order valence-corrected chi connectivity index (χ2v) is 5.94. The van der Waals surface area contributed by atoms with E-state index >= 15 is 0 Å². The molecule has 4 N–H and O–H groups in total. The Hall–Kier alpha value is -1.30. The second kappa shape index (κ2) is 5.56. The van der Waals surface area contributed by atoms with Crippen LogP contribution in [0.5, 0.6) is 0 Å². The van der Waals surface area contributed by atoms with Crippen LogP contribution in [0.3, 0.4) is 0 Å². The molecule has 6 heteroatoms. The zero-order chi connectivity index (χ0) is 13.9. The third-order valence-electron chi connectivity index (χ3n) is 3.13. The van der Waals surface area contributed by atoms with Crippen LogP contribution in [0.25, 0.3) is 0 Å². The number of nitrogens with two attached hydrogens (primary N) is 1. The van der Waals surface area contributed by atoms with E-state index in [1.807, 2.05) is 0 Å². The van der Waals surface area contributed by atoms with Crippen LogP contribution >= 0.6 is 0 Å². The van der Waals surface area contributed by atoms with Crippen LogP contribution < -0.4 is 11.1 Å². The highest BCUT2D eigenvalue weighted by Gasteiger charge is 2.34. The number of likely N-dealkylation sites (tertiary alicyclic amines) is 1. The fourth-order valence-corrected chi connectivity index (χ4v) is 2.06. The number of rotatable bonds is 2. The molecule has 2 atom stereocenters. The minimum absolute atomic E-state index is 0.0117. The van der Waals surface area contributed by atoms with Crippen molar-refractivity contribution in [3.8, 4) is 0 Å². The van der Waals surface area contributed by atoms with Crippen molar-refractivity contribution in [2.24, 2.45) is 11.1 Å². The maximum Gasteiger partial charge on any atom is 0.326 e. The Morgan fingerprint density at radius 2 is 2.06 bits per heavy atom. The smallest absolute Gasteiger partial charge is 0.326 e. The van der Waals surface area contributed by atoms with Crippen LogP contribution in [0.15, 0.2) is 0 Å². The fourth-order valence-electron chi connectivity index (χ4n) is 2.06. The fraction of sp³-hybridized carbons (Fsp3) is 0.833. The lowest BCUT2D eigenvalue weighted by Crippen LogP contribution is -2.56. The Bertz CT molecular complexity index is 325. The molecule has 2 amide bonds. The zero-order valence-corrected chi connectivity index (χ0v) is 11.3. The van der Waals surface area contributed by atoms with Gasteiger partial charge in [-0.15, -0.1) is 0 Å². The molecule has 0 saturated carbocycles. The molecule has 0 aromatic carbocycles.